The van der Waals surface area contributed by atoms with Crippen molar-refractivity contribution in [2.75, 3.05) is 31.1 Å². The van der Waals surface area contributed by atoms with Crippen molar-refractivity contribution >= 4 is 15.7 Å². The summed E-state index contributed by atoms with van der Waals surface area (Å²) in [4.78, 5) is 1.71. The van der Waals surface area contributed by atoms with Crippen LogP contribution >= 0.6 is 0 Å². The number of piperazine rings is 1. The summed E-state index contributed by atoms with van der Waals surface area (Å²) in [6, 6.07) is 5.34. The van der Waals surface area contributed by atoms with Crippen LogP contribution in [0.5, 0.6) is 0 Å². The van der Waals surface area contributed by atoms with E-state index in [0.717, 1.165) is 6.07 Å². The molecule has 1 saturated heterocycles. The zero-order chi connectivity index (χ0) is 19.1. The van der Waals surface area contributed by atoms with Gasteiger partial charge in [-0.15, -0.1) is 0 Å². The average Bonchev–Trinajstić information content (AvgIpc) is 2.93. The number of aryl methyl sites for hydroxylation is 2. The first-order chi connectivity index (χ1) is 12.1. The van der Waals surface area contributed by atoms with Gasteiger partial charge in [0, 0.05) is 31.9 Å². The molecule has 10 heteroatoms. The van der Waals surface area contributed by atoms with Gasteiger partial charge in [0.2, 0.25) is 10.0 Å². The third-order valence-electron chi connectivity index (χ3n) is 4.45. The highest BCUT2D eigenvalue weighted by molar-refractivity contribution is 7.89. The molecule has 1 aliphatic heterocycles. The Labute approximate surface area is 149 Å². The van der Waals surface area contributed by atoms with E-state index in [-0.39, 0.29) is 36.8 Å². The fraction of sp³-hybridized carbons (Fsp3) is 0.438. The third-order valence-corrected chi connectivity index (χ3v) is 6.61. The number of hydrogen-bond acceptors (Lipinski definition) is 4. The second-order valence-electron chi connectivity index (χ2n) is 6.17. The number of rotatable bonds is 3. The molecule has 1 aliphatic rings. The predicted octanol–water partition coefficient (Wildman–Crippen LogP) is 2.56. The van der Waals surface area contributed by atoms with E-state index in [0.29, 0.717) is 11.4 Å². The van der Waals surface area contributed by atoms with Crippen molar-refractivity contribution < 1.29 is 21.6 Å². The van der Waals surface area contributed by atoms with Crippen LogP contribution in [0.25, 0.3) is 0 Å². The second-order valence-corrected chi connectivity index (χ2v) is 8.04. The molecule has 0 amide bonds. The summed E-state index contributed by atoms with van der Waals surface area (Å²) in [5, 5.41) is 6.56. The van der Waals surface area contributed by atoms with Gasteiger partial charge in [-0.2, -0.15) is 22.6 Å². The van der Waals surface area contributed by atoms with Gasteiger partial charge >= 0.3 is 6.18 Å². The Balaban J connectivity index is 1.81. The maximum Gasteiger partial charge on any atom is 0.418 e. The Kier molecular flexibility index (Phi) is 4.74. The molecule has 1 fully saturated rings. The van der Waals surface area contributed by atoms with Crippen LogP contribution in [-0.4, -0.2) is 49.1 Å². The maximum atomic E-state index is 13.2. The largest absolute Gasteiger partial charge is 0.418 e. The minimum absolute atomic E-state index is 0.0766. The van der Waals surface area contributed by atoms with Crippen LogP contribution in [0.3, 0.4) is 0 Å². The fourth-order valence-electron chi connectivity index (χ4n) is 3.21. The van der Waals surface area contributed by atoms with Gasteiger partial charge in [-0.25, -0.2) is 8.42 Å². The average molecular weight is 388 g/mol. The number of para-hydroxylation sites is 1. The van der Waals surface area contributed by atoms with Crippen LogP contribution in [0, 0.1) is 13.8 Å². The number of benzene rings is 1. The van der Waals surface area contributed by atoms with Crippen LogP contribution in [0.15, 0.2) is 29.2 Å². The number of aromatic nitrogens is 2. The number of nitrogens with zero attached hydrogens (tertiary/aromatic N) is 3. The molecule has 6 nitrogen and oxygen atoms in total. The molecule has 0 saturated carbocycles. The quantitative estimate of drug-likeness (QED) is 0.878. The van der Waals surface area contributed by atoms with Crippen LogP contribution in [0.1, 0.15) is 17.0 Å². The van der Waals surface area contributed by atoms with Crippen LogP contribution in [-0.2, 0) is 16.2 Å². The monoisotopic (exact) mass is 388 g/mol. The molecular weight excluding hydrogens is 369 g/mol. The highest BCUT2D eigenvalue weighted by Crippen LogP contribution is 2.37. The molecule has 2 aromatic rings. The molecule has 1 aromatic carbocycles. The number of hydrogen-bond donors (Lipinski definition) is 1. The van der Waals surface area contributed by atoms with E-state index in [1.807, 2.05) is 0 Å². The molecule has 0 atom stereocenters. The van der Waals surface area contributed by atoms with E-state index in [2.05, 4.69) is 10.2 Å². The molecule has 26 heavy (non-hydrogen) atoms. The van der Waals surface area contributed by atoms with Gasteiger partial charge in [-0.3, -0.25) is 5.10 Å². The molecule has 1 aromatic heterocycles. The normalized spacial score (nSPS) is 16.9. The molecule has 0 bridgehead atoms. The predicted molar refractivity (Wildman–Crippen MR) is 90.5 cm³/mol. The Morgan fingerprint density at radius 3 is 2.23 bits per heavy atom. The Bertz CT molecular complexity index is 881. The van der Waals surface area contributed by atoms with E-state index in [4.69, 9.17) is 0 Å². The van der Waals surface area contributed by atoms with E-state index >= 15 is 0 Å². The van der Waals surface area contributed by atoms with Crippen molar-refractivity contribution in [1.82, 2.24) is 14.5 Å². The van der Waals surface area contributed by atoms with Crippen molar-refractivity contribution in [3.63, 3.8) is 0 Å². The van der Waals surface area contributed by atoms with Crippen molar-refractivity contribution in [3.8, 4) is 0 Å². The van der Waals surface area contributed by atoms with Gasteiger partial charge in [-0.05, 0) is 26.0 Å². The standard InChI is InChI=1S/C16H19F3N4O2S/c1-11-15(12(2)21-20-11)26(24,25)23-9-7-22(8-10-23)14-6-4-3-5-13(14)16(17,18)19/h3-6H,7-10H2,1-2H3,(H,20,21). The number of H-pyrrole nitrogens is 1. The second kappa shape index (κ2) is 6.58. The Morgan fingerprint density at radius 2 is 1.69 bits per heavy atom. The van der Waals surface area contributed by atoms with E-state index in [9.17, 15) is 21.6 Å². The van der Waals surface area contributed by atoms with Crippen molar-refractivity contribution in [3.05, 3.63) is 41.2 Å². The van der Waals surface area contributed by atoms with E-state index < -0.39 is 21.8 Å². The Hall–Kier alpha value is -2.07. The lowest BCUT2D eigenvalue weighted by molar-refractivity contribution is -0.137. The smallest absolute Gasteiger partial charge is 0.368 e. The zero-order valence-corrected chi connectivity index (χ0v) is 15.2. The SMILES string of the molecule is Cc1n[nH]c(C)c1S(=O)(=O)N1CCN(c2ccccc2C(F)(F)F)CC1. The van der Waals surface area contributed by atoms with Gasteiger partial charge < -0.3 is 4.90 Å². The topological polar surface area (TPSA) is 69.3 Å². The highest BCUT2D eigenvalue weighted by atomic mass is 32.2. The first-order valence-electron chi connectivity index (χ1n) is 8.05. The third kappa shape index (κ3) is 3.30. The molecule has 2 heterocycles. The molecular formula is C16H19F3N4O2S. The number of sulfonamides is 1. The number of halogens is 3. The lowest BCUT2D eigenvalue weighted by atomic mass is 10.1. The summed E-state index contributed by atoms with van der Waals surface area (Å²) in [5.74, 6) is 0. The first-order valence-corrected chi connectivity index (χ1v) is 9.49. The molecule has 0 unspecified atom stereocenters. The molecule has 0 spiro atoms. The van der Waals surface area contributed by atoms with Crippen molar-refractivity contribution in [2.24, 2.45) is 0 Å². The minimum atomic E-state index is -4.45. The zero-order valence-electron chi connectivity index (χ0n) is 14.3. The molecule has 1 N–H and O–H groups in total. The van der Waals surface area contributed by atoms with Crippen molar-refractivity contribution in [1.29, 1.82) is 0 Å². The van der Waals surface area contributed by atoms with Gasteiger partial charge in [0.1, 0.15) is 4.90 Å². The molecule has 0 aliphatic carbocycles. The fourth-order valence-corrected chi connectivity index (χ4v) is 4.96. The maximum absolute atomic E-state index is 13.2. The highest BCUT2D eigenvalue weighted by Gasteiger charge is 2.37. The van der Waals surface area contributed by atoms with Crippen LogP contribution in [0.2, 0.25) is 0 Å². The number of nitrogens with one attached hydrogen (secondary N) is 1. The van der Waals surface area contributed by atoms with Crippen LogP contribution in [0.4, 0.5) is 18.9 Å². The lowest BCUT2D eigenvalue weighted by Gasteiger charge is -2.36. The summed E-state index contributed by atoms with van der Waals surface area (Å²) < 4.78 is 66.6. The van der Waals surface area contributed by atoms with Gasteiger partial charge in [0.25, 0.3) is 0 Å². The van der Waals surface area contributed by atoms with E-state index in [1.165, 1.54) is 16.4 Å². The van der Waals surface area contributed by atoms with Gasteiger partial charge in [-0.1, -0.05) is 12.1 Å². The molecule has 3 rings (SSSR count). The summed E-state index contributed by atoms with van der Waals surface area (Å²) in [6.07, 6.45) is -4.45. The van der Waals surface area contributed by atoms with Crippen LogP contribution < -0.4 is 4.90 Å². The number of anilines is 1. The van der Waals surface area contributed by atoms with Crippen molar-refractivity contribution in [2.45, 2.75) is 24.9 Å². The summed E-state index contributed by atoms with van der Waals surface area (Å²) in [7, 11) is -3.73. The van der Waals surface area contributed by atoms with Gasteiger partial charge in [0.15, 0.2) is 0 Å². The Morgan fingerprint density at radius 1 is 1.08 bits per heavy atom. The summed E-state index contributed by atoms with van der Waals surface area (Å²) in [6.45, 7) is 3.82. The summed E-state index contributed by atoms with van der Waals surface area (Å²) in [5.41, 5.74) is 0.199. The lowest BCUT2D eigenvalue weighted by Crippen LogP contribution is -2.49. The minimum Gasteiger partial charge on any atom is -0.368 e. The van der Waals surface area contributed by atoms with E-state index in [1.54, 1.807) is 24.8 Å². The number of aromatic amines is 1. The molecule has 0 radical (unpaired) electrons. The summed E-state index contributed by atoms with van der Waals surface area (Å²) >= 11 is 0. The van der Waals surface area contributed by atoms with Gasteiger partial charge in [0.05, 0.1) is 17.0 Å². The molecule has 142 valence electrons. The number of alkyl halides is 3. The first kappa shape index (κ1) is 18.7.